The third-order valence-electron chi connectivity index (χ3n) is 17.5. The number of benzene rings is 12. The Morgan fingerprint density at radius 1 is 0.284 bits per heavy atom. The first-order valence-electron chi connectivity index (χ1n) is 29.1. The highest BCUT2D eigenvalue weighted by Crippen LogP contribution is 2.42. The summed E-state index contributed by atoms with van der Waals surface area (Å²) in [6.45, 7) is 7.52. The molecule has 0 aliphatic heterocycles. The molecule has 0 fully saturated rings. The first-order valence-corrected chi connectivity index (χ1v) is 29.1. The zero-order valence-corrected chi connectivity index (χ0v) is 47.0. The van der Waals surface area contributed by atoms with Crippen molar-refractivity contribution in [3.63, 3.8) is 0 Å². The molecule has 5 aromatic heterocycles. The van der Waals surface area contributed by atoms with E-state index >= 15 is 0 Å². The molecule has 0 N–H and O–H groups in total. The molecule has 0 atom stereocenters. The minimum Gasteiger partial charge on any atom is -0.309 e. The van der Waals surface area contributed by atoms with Gasteiger partial charge in [-0.15, -0.1) is 0 Å². The van der Waals surface area contributed by atoms with Crippen LogP contribution in [0.1, 0.15) is 11.1 Å². The number of aromatic nitrogens is 6. The van der Waals surface area contributed by atoms with Gasteiger partial charge in [0.2, 0.25) is 5.95 Å². The lowest BCUT2D eigenvalue weighted by atomic mass is 10.0. The van der Waals surface area contributed by atoms with E-state index in [-0.39, 0.29) is 0 Å². The lowest BCUT2D eigenvalue weighted by Crippen LogP contribution is -2.04. The largest absolute Gasteiger partial charge is 0.309 e. The third kappa shape index (κ3) is 7.85. The molecule has 0 radical (unpaired) electrons. The van der Waals surface area contributed by atoms with Crippen LogP contribution in [0.15, 0.2) is 273 Å². The molecule has 406 valence electrons. The first-order chi connectivity index (χ1) is 43.5. The lowest BCUT2D eigenvalue weighted by Gasteiger charge is -2.14. The van der Waals surface area contributed by atoms with Gasteiger partial charge in [-0.3, -0.25) is 4.57 Å². The fraction of sp³-hybridized carbons (Fsp3) is 0. The van der Waals surface area contributed by atoms with Crippen LogP contribution in [-0.2, 0) is 0 Å². The standard InChI is InChI=1S/C79H45N9/c1-82-57-31-35-59(36-32-57)86-72-18-7-3-14-62(72)66-43-53(28-38-76(66)86)55-30-40-78-68(45-55)64-16-5-9-20-74(64)88(78)79-83-69(51-25-21-49(47-80)22-26-51)46-70(84-79)56-11-10-12-60(41-56)87-73-19-8-4-15-63(73)67-44-54(29-39-77(67)87)52-27-37-75-65(42-52)61-13-2-6-17-71(61)85(75)58-33-23-50(48-81)24-34-58/h2-46H. The van der Waals surface area contributed by atoms with Crippen LogP contribution in [0.5, 0.6) is 0 Å². The van der Waals surface area contributed by atoms with Gasteiger partial charge in [-0.05, 0) is 162 Å². The van der Waals surface area contributed by atoms with Crippen molar-refractivity contribution in [1.29, 1.82) is 10.5 Å². The molecular weight excluding hydrogens is 1070 g/mol. The summed E-state index contributed by atoms with van der Waals surface area (Å²) < 4.78 is 9.09. The molecule has 0 spiro atoms. The highest BCUT2D eigenvalue weighted by atomic mass is 15.2. The summed E-state index contributed by atoms with van der Waals surface area (Å²) in [5.74, 6) is 0.529. The summed E-state index contributed by atoms with van der Waals surface area (Å²) in [4.78, 5) is 14.5. The Morgan fingerprint density at radius 2 is 0.636 bits per heavy atom. The molecule has 5 heterocycles. The van der Waals surface area contributed by atoms with Crippen LogP contribution in [0.2, 0.25) is 0 Å². The van der Waals surface area contributed by atoms with Gasteiger partial charge in [0.05, 0.1) is 85.4 Å². The molecule has 0 unspecified atom stereocenters. The molecule has 88 heavy (non-hydrogen) atoms. The van der Waals surface area contributed by atoms with Gasteiger partial charge in [0.15, 0.2) is 5.69 Å². The molecule has 0 aliphatic rings. The number of rotatable bonds is 8. The second-order valence-corrected chi connectivity index (χ2v) is 22.3. The predicted molar refractivity (Wildman–Crippen MR) is 357 cm³/mol. The fourth-order valence-corrected chi connectivity index (χ4v) is 13.4. The quantitative estimate of drug-likeness (QED) is 0.142. The van der Waals surface area contributed by atoms with Gasteiger partial charge in [0, 0.05) is 71.3 Å². The van der Waals surface area contributed by atoms with Crippen molar-refractivity contribution in [2.24, 2.45) is 0 Å². The number of para-hydroxylation sites is 4. The van der Waals surface area contributed by atoms with Gasteiger partial charge in [-0.2, -0.15) is 10.5 Å². The van der Waals surface area contributed by atoms with E-state index in [1.807, 2.05) is 72.8 Å². The topological polar surface area (TPSA) is 97.4 Å². The van der Waals surface area contributed by atoms with Crippen LogP contribution in [-0.4, -0.2) is 28.2 Å². The van der Waals surface area contributed by atoms with Crippen LogP contribution >= 0.6 is 0 Å². The number of fused-ring (bicyclic) bond motifs is 12. The molecule has 17 aromatic rings. The molecule has 0 saturated carbocycles. The predicted octanol–water partition coefficient (Wildman–Crippen LogP) is 19.8. The molecule has 0 aliphatic carbocycles. The summed E-state index contributed by atoms with van der Waals surface area (Å²) in [6.07, 6.45) is 0. The van der Waals surface area contributed by atoms with E-state index in [1.54, 1.807) is 0 Å². The van der Waals surface area contributed by atoms with Gasteiger partial charge in [-0.1, -0.05) is 133 Å². The highest BCUT2D eigenvalue weighted by molar-refractivity contribution is 6.15. The molecule has 17 rings (SSSR count). The van der Waals surface area contributed by atoms with Crippen molar-refractivity contribution in [1.82, 2.24) is 28.2 Å². The molecule has 9 heteroatoms. The normalized spacial score (nSPS) is 11.6. The van der Waals surface area contributed by atoms with E-state index in [0.717, 1.165) is 144 Å². The monoisotopic (exact) mass is 1120 g/mol. The molecule has 0 saturated heterocycles. The second-order valence-electron chi connectivity index (χ2n) is 22.3. The zero-order chi connectivity index (χ0) is 58.6. The van der Waals surface area contributed by atoms with Gasteiger partial charge in [0.1, 0.15) is 0 Å². The number of nitriles is 2. The minimum absolute atomic E-state index is 0.529. The molecule has 0 amide bonds. The van der Waals surface area contributed by atoms with E-state index in [1.165, 1.54) is 5.39 Å². The summed E-state index contributed by atoms with van der Waals surface area (Å²) in [6, 6.07) is 99.5. The van der Waals surface area contributed by atoms with Crippen molar-refractivity contribution >= 4 is 92.9 Å². The van der Waals surface area contributed by atoms with Crippen LogP contribution < -0.4 is 0 Å². The maximum atomic E-state index is 9.82. The molecule has 12 aromatic carbocycles. The van der Waals surface area contributed by atoms with E-state index in [9.17, 15) is 10.5 Å². The van der Waals surface area contributed by atoms with E-state index < -0.39 is 0 Å². The summed E-state index contributed by atoms with van der Waals surface area (Å²) in [5, 5.41) is 28.4. The summed E-state index contributed by atoms with van der Waals surface area (Å²) in [7, 11) is 0. The molecule has 9 nitrogen and oxygen atoms in total. The first kappa shape index (κ1) is 50.0. The van der Waals surface area contributed by atoms with Crippen molar-refractivity contribution in [2.75, 3.05) is 0 Å². The third-order valence-corrected chi connectivity index (χ3v) is 17.5. The Hall–Kier alpha value is -12.6. The average molecular weight is 1120 g/mol. The van der Waals surface area contributed by atoms with Crippen LogP contribution in [0, 0.1) is 29.2 Å². The Bertz CT molecular complexity index is 5890. The number of hydrogen-bond donors (Lipinski definition) is 0. The summed E-state index contributed by atoms with van der Waals surface area (Å²) >= 11 is 0. The Kier molecular flexibility index (Phi) is 11.2. The van der Waals surface area contributed by atoms with Crippen molar-refractivity contribution in [3.05, 3.63) is 296 Å². The Balaban J connectivity index is 0.781. The van der Waals surface area contributed by atoms with Gasteiger partial charge in [0.25, 0.3) is 0 Å². The Morgan fingerprint density at radius 3 is 1.07 bits per heavy atom. The minimum atomic E-state index is 0.529. The summed E-state index contributed by atoms with van der Waals surface area (Å²) in [5.41, 5.74) is 21.1. The number of hydrogen-bond acceptors (Lipinski definition) is 4. The fourth-order valence-electron chi connectivity index (χ4n) is 13.4. The Labute approximate surface area is 504 Å². The van der Waals surface area contributed by atoms with Crippen molar-refractivity contribution in [2.45, 2.75) is 0 Å². The SMILES string of the molecule is [C-]#[N+]c1ccc(-n2c3ccccc3c3cc(-c4ccc5c(c4)c4ccccc4n5-c4nc(-c5ccc(C#N)cc5)cc(-c5cccc(-n6c7ccccc7c7cc(-c8ccc9c(c8)c8ccccc8n9-c8ccc(C#N)cc8)ccc76)c5)n4)ccc32)cc1. The van der Waals surface area contributed by atoms with Crippen LogP contribution in [0.4, 0.5) is 5.69 Å². The number of nitrogens with zero attached hydrogens (tertiary/aromatic N) is 9. The van der Waals surface area contributed by atoms with Crippen LogP contribution in [0.3, 0.4) is 0 Å². The smallest absolute Gasteiger partial charge is 0.235 e. The molecular formula is C79H45N9. The zero-order valence-electron chi connectivity index (χ0n) is 47.0. The van der Waals surface area contributed by atoms with Crippen molar-refractivity contribution < 1.29 is 0 Å². The van der Waals surface area contributed by atoms with Gasteiger partial charge >= 0.3 is 0 Å². The maximum absolute atomic E-state index is 9.82. The van der Waals surface area contributed by atoms with Gasteiger partial charge < -0.3 is 13.7 Å². The maximum Gasteiger partial charge on any atom is 0.235 e. The van der Waals surface area contributed by atoms with Crippen molar-refractivity contribution in [3.8, 4) is 79.9 Å². The average Bonchev–Trinajstić information content (AvgIpc) is 1.81. The second kappa shape index (κ2) is 19.8. The molecule has 0 bridgehead atoms. The van der Waals surface area contributed by atoms with E-state index in [2.05, 4.69) is 235 Å². The van der Waals surface area contributed by atoms with E-state index in [4.69, 9.17) is 16.5 Å². The van der Waals surface area contributed by atoms with Crippen LogP contribution in [0.25, 0.3) is 160 Å². The highest BCUT2D eigenvalue weighted by Gasteiger charge is 2.22. The van der Waals surface area contributed by atoms with Gasteiger partial charge in [-0.25, -0.2) is 14.8 Å². The lowest BCUT2D eigenvalue weighted by molar-refractivity contribution is 0.995. The van der Waals surface area contributed by atoms with E-state index in [0.29, 0.717) is 22.8 Å².